The highest BCUT2D eigenvalue weighted by Gasteiger charge is 2.18. The highest BCUT2D eigenvalue weighted by atomic mass is 35.5. The first kappa shape index (κ1) is 24.1. The number of halogens is 2. The molecule has 0 spiro atoms. The zero-order chi connectivity index (χ0) is 23.4. The lowest BCUT2D eigenvalue weighted by Gasteiger charge is -2.11. The number of carbonyl (C=O) groups excluding carboxylic acids is 1. The molecule has 172 valence electrons. The lowest BCUT2D eigenvalue weighted by atomic mass is 10.2. The summed E-state index contributed by atoms with van der Waals surface area (Å²) >= 11 is 16.3. The van der Waals surface area contributed by atoms with Crippen LogP contribution in [-0.2, 0) is 4.79 Å². The molecule has 9 heteroatoms. The van der Waals surface area contributed by atoms with Crippen LogP contribution in [0.4, 0.5) is 0 Å². The molecule has 1 aliphatic heterocycles. The number of hydrazone groups is 1. The van der Waals surface area contributed by atoms with Gasteiger partial charge < -0.3 is 9.30 Å². The van der Waals surface area contributed by atoms with Gasteiger partial charge in [-0.1, -0.05) is 35.3 Å². The van der Waals surface area contributed by atoms with Crippen LogP contribution in [0.15, 0.2) is 53.6 Å². The fraction of sp³-hybridized carbons (Fsp3) is 0.250. The number of nitrogens with one attached hydrogen (secondary N) is 1. The summed E-state index contributed by atoms with van der Waals surface area (Å²) in [4.78, 5) is 12.1. The zero-order valence-electron chi connectivity index (χ0n) is 18.2. The van der Waals surface area contributed by atoms with Crippen molar-refractivity contribution in [2.45, 2.75) is 18.4 Å². The van der Waals surface area contributed by atoms with Crippen molar-refractivity contribution in [3.05, 3.63) is 81.1 Å². The van der Waals surface area contributed by atoms with Gasteiger partial charge in [-0.05, 0) is 55.8 Å². The highest BCUT2D eigenvalue weighted by molar-refractivity contribution is 8.19. The second-order valence-electron chi connectivity index (χ2n) is 7.48. The largest absolute Gasteiger partial charge is 0.484 e. The van der Waals surface area contributed by atoms with E-state index in [0.717, 1.165) is 22.6 Å². The van der Waals surface area contributed by atoms with Gasteiger partial charge in [0, 0.05) is 33.5 Å². The van der Waals surface area contributed by atoms with Gasteiger partial charge in [0.25, 0.3) is 5.91 Å². The van der Waals surface area contributed by atoms with Crippen molar-refractivity contribution in [1.82, 2.24) is 9.99 Å². The maximum atomic E-state index is 12.1. The van der Waals surface area contributed by atoms with E-state index in [9.17, 15) is 4.79 Å². The van der Waals surface area contributed by atoms with Crippen LogP contribution in [0.25, 0.3) is 5.69 Å². The lowest BCUT2D eigenvalue weighted by Crippen LogP contribution is -2.24. The molecule has 0 aliphatic carbocycles. The van der Waals surface area contributed by atoms with Gasteiger partial charge in [0.2, 0.25) is 0 Å². The summed E-state index contributed by atoms with van der Waals surface area (Å²) in [7, 11) is 0. The van der Waals surface area contributed by atoms with Crippen molar-refractivity contribution in [3.8, 4) is 11.4 Å². The third kappa shape index (κ3) is 5.90. The van der Waals surface area contributed by atoms with E-state index in [0.29, 0.717) is 20.4 Å². The van der Waals surface area contributed by atoms with Gasteiger partial charge >= 0.3 is 0 Å². The van der Waals surface area contributed by atoms with Gasteiger partial charge in [-0.2, -0.15) is 5.10 Å². The van der Waals surface area contributed by atoms with Gasteiger partial charge in [0.15, 0.2) is 6.61 Å². The summed E-state index contributed by atoms with van der Waals surface area (Å²) in [5.41, 5.74) is 7.45. The summed E-state index contributed by atoms with van der Waals surface area (Å²) in [6.07, 6.45) is 1.62. The summed E-state index contributed by atoms with van der Waals surface area (Å²) < 4.78 is 8.11. The minimum atomic E-state index is -0.327. The molecule has 33 heavy (non-hydrogen) atoms. The monoisotopic (exact) mass is 519 g/mol. The maximum Gasteiger partial charge on any atom is 0.277 e. The second kappa shape index (κ2) is 10.9. The van der Waals surface area contributed by atoms with Crippen molar-refractivity contribution in [2.75, 3.05) is 18.1 Å². The van der Waals surface area contributed by atoms with E-state index in [-0.39, 0.29) is 12.5 Å². The SMILES string of the molecule is Cc1cc(/C=N\NC(=O)COc2ccc(C3SCCS3)cc2)c(C)n1-c1ccc(Cl)cc1Cl. The molecule has 1 saturated heterocycles. The van der Waals surface area contributed by atoms with Crippen LogP contribution < -0.4 is 10.2 Å². The molecular formula is C24H23Cl2N3O2S2. The molecule has 0 atom stereocenters. The molecule has 3 aromatic rings. The van der Waals surface area contributed by atoms with E-state index in [1.807, 2.05) is 66.2 Å². The first-order valence-electron chi connectivity index (χ1n) is 10.3. The van der Waals surface area contributed by atoms with Crippen LogP contribution in [0.1, 0.15) is 27.1 Å². The number of ether oxygens (including phenoxy) is 1. The van der Waals surface area contributed by atoms with Gasteiger partial charge in [-0.25, -0.2) is 5.43 Å². The number of carbonyl (C=O) groups is 1. The van der Waals surface area contributed by atoms with Gasteiger partial charge in [0.05, 0.1) is 21.5 Å². The quantitative estimate of drug-likeness (QED) is 0.289. The molecule has 5 nitrogen and oxygen atoms in total. The van der Waals surface area contributed by atoms with Crippen molar-refractivity contribution in [1.29, 1.82) is 0 Å². The molecule has 2 aromatic carbocycles. The smallest absolute Gasteiger partial charge is 0.277 e. The highest BCUT2D eigenvalue weighted by Crippen LogP contribution is 2.45. The first-order valence-corrected chi connectivity index (χ1v) is 13.2. The van der Waals surface area contributed by atoms with Gasteiger partial charge in [0.1, 0.15) is 5.75 Å². The van der Waals surface area contributed by atoms with Gasteiger partial charge in [-0.15, -0.1) is 23.5 Å². The van der Waals surface area contributed by atoms with E-state index < -0.39 is 0 Å². The summed E-state index contributed by atoms with van der Waals surface area (Å²) in [6.45, 7) is 3.84. The third-order valence-electron chi connectivity index (χ3n) is 5.16. The molecule has 1 amide bonds. The zero-order valence-corrected chi connectivity index (χ0v) is 21.3. The summed E-state index contributed by atoms with van der Waals surface area (Å²) in [6, 6.07) is 15.3. The summed E-state index contributed by atoms with van der Waals surface area (Å²) in [5, 5.41) is 5.23. The van der Waals surface area contributed by atoms with Crippen molar-refractivity contribution in [2.24, 2.45) is 5.10 Å². The summed E-state index contributed by atoms with van der Waals surface area (Å²) in [5.74, 6) is 2.71. The average Bonchev–Trinajstić information content (AvgIpc) is 3.42. The Labute approximate surface area is 211 Å². The van der Waals surface area contributed by atoms with Crippen LogP contribution in [0.5, 0.6) is 5.75 Å². The number of amides is 1. The molecule has 0 saturated carbocycles. The van der Waals surface area contributed by atoms with Crippen molar-refractivity contribution < 1.29 is 9.53 Å². The Hall–Kier alpha value is -2.06. The number of nitrogens with zero attached hydrogens (tertiary/aromatic N) is 2. The van der Waals surface area contributed by atoms with E-state index >= 15 is 0 Å². The third-order valence-corrected chi connectivity index (χ3v) is 8.80. The number of rotatable bonds is 7. The average molecular weight is 521 g/mol. The van der Waals surface area contributed by atoms with Crippen LogP contribution >= 0.6 is 46.7 Å². The lowest BCUT2D eigenvalue weighted by molar-refractivity contribution is -0.123. The molecule has 0 unspecified atom stereocenters. The number of aryl methyl sites for hydroxylation is 1. The van der Waals surface area contributed by atoms with Crippen molar-refractivity contribution in [3.63, 3.8) is 0 Å². The van der Waals surface area contributed by atoms with E-state index in [2.05, 4.69) is 22.7 Å². The van der Waals surface area contributed by atoms with Gasteiger partial charge in [-0.3, -0.25) is 4.79 Å². The topological polar surface area (TPSA) is 55.6 Å². The van der Waals surface area contributed by atoms with E-state index in [4.69, 9.17) is 27.9 Å². The Balaban J connectivity index is 1.33. The van der Waals surface area contributed by atoms with E-state index in [1.54, 1.807) is 18.3 Å². The maximum absolute atomic E-state index is 12.1. The second-order valence-corrected chi connectivity index (χ2v) is 11.1. The minimum absolute atomic E-state index is 0.108. The molecule has 1 N–H and O–H groups in total. The minimum Gasteiger partial charge on any atom is -0.484 e. The standard InChI is InChI=1S/C24H23Cl2N3O2S2/c1-15-11-18(16(2)29(15)22-8-5-19(25)12-21(22)26)13-27-28-23(30)14-31-20-6-3-17(4-7-20)24-32-9-10-33-24/h3-8,11-13,24H,9-10,14H2,1-2H3,(H,28,30)/b27-13-. The molecule has 0 radical (unpaired) electrons. The van der Waals surface area contributed by atoms with Crippen molar-refractivity contribution >= 4 is 58.8 Å². The molecule has 2 heterocycles. The van der Waals surface area contributed by atoms with Crippen LogP contribution in [-0.4, -0.2) is 34.8 Å². The Bertz CT molecular complexity index is 1170. The molecule has 1 aliphatic rings. The normalized spacial score (nSPS) is 14.2. The fourth-order valence-corrected chi connectivity index (χ4v) is 6.93. The van der Waals surface area contributed by atoms with Crippen LogP contribution in [0.3, 0.4) is 0 Å². The predicted octanol–water partition coefficient (Wildman–Crippen LogP) is 6.41. The van der Waals surface area contributed by atoms with Crippen LogP contribution in [0, 0.1) is 13.8 Å². The Kier molecular flexibility index (Phi) is 7.96. The molecule has 4 rings (SSSR count). The predicted molar refractivity (Wildman–Crippen MR) is 141 cm³/mol. The number of aromatic nitrogens is 1. The first-order chi connectivity index (χ1) is 15.9. The molecule has 1 fully saturated rings. The number of thioether (sulfide) groups is 2. The number of benzene rings is 2. The Morgan fingerprint density at radius 3 is 2.58 bits per heavy atom. The molecule has 0 bridgehead atoms. The Morgan fingerprint density at radius 2 is 1.88 bits per heavy atom. The molecular weight excluding hydrogens is 497 g/mol. The molecule has 1 aromatic heterocycles. The Morgan fingerprint density at radius 1 is 1.15 bits per heavy atom. The number of hydrogen-bond acceptors (Lipinski definition) is 5. The number of hydrogen-bond donors (Lipinski definition) is 1. The van der Waals surface area contributed by atoms with Crippen LogP contribution in [0.2, 0.25) is 10.0 Å². The fourth-order valence-electron chi connectivity index (χ4n) is 3.58. The van der Waals surface area contributed by atoms with E-state index in [1.165, 1.54) is 17.1 Å².